The Labute approximate surface area is 243 Å². The van der Waals surface area contributed by atoms with Gasteiger partial charge in [-0.15, -0.1) is 0 Å². The van der Waals surface area contributed by atoms with E-state index in [9.17, 15) is 45.6 Å². The minimum absolute atomic E-state index is 0.193. The summed E-state index contributed by atoms with van der Waals surface area (Å²) in [5, 5.41) is 82.2. The van der Waals surface area contributed by atoms with Crippen molar-refractivity contribution in [1.82, 2.24) is 0 Å². The maximum absolute atomic E-state index is 13.8. The van der Waals surface area contributed by atoms with Gasteiger partial charge >= 0.3 is 0 Å². The van der Waals surface area contributed by atoms with Crippen molar-refractivity contribution in [2.75, 3.05) is 13.7 Å². The molecular weight excluding hydrogens is 576 g/mol. The van der Waals surface area contributed by atoms with E-state index >= 15 is 0 Å². The number of phenolic OH excluding ortho intramolecular Hbond substituents is 2. The SMILES string of the molecule is COc1ccc(-c2oc3cc(O)cc(O)c3c(=O)c2O[C@@H]2O[C@H](CO)[C@H](O)[C@H](O)[C@H]2O[C@@H]2O[C@@H](C)[C@H](O)[C@@H](O)[C@@H]2O)cc1. The lowest BCUT2D eigenvalue weighted by molar-refractivity contribution is -0.354. The molecule has 3 aromatic rings. The number of methoxy groups -OCH3 is 1. The normalized spacial score (nSPS) is 32.9. The molecule has 2 aliphatic rings. The van der Waals surface area contributed by atoms with Gasteiger partial charge in [0, 0.05) is 17.7 Å². The molecule has 1 aromatic heterocycles. The van der Waals surface area contributed by atoms with Gasteiger partial charge in [0.1, 0.15) is 64.8 Å². The molecule has 43 heavy (non-hydrogen) atoms. The first kappa shape index (κ1) is 30.9. The number of aromatic hydroxyl groups is 2. The number of benzene rings is 2. The second kappa shape index (κ2) is 12.2. The van der Waals surface area contributed by atoms with Crippen LogP contribution in [0.25, 0.3) is 22.3 Å². The summed E-state index contributed by atoms with van der Waals surface area (Å²) in [6.07, 6.45) is -16.2. The summed E-state index contributed by atoms with van der Waals surface area (Å²) in [6.45, 7) is 0.618. The Morgan fingerprint density at radius 3 is 2.21 bits per heavy atom. The summed E-state index contributed by atoms with van der Waals surface area (Å²) in [7, 11) is 1.45. The van der Waals surface area contributed by atoms with Crippen LogP contribution in [-0.4, -0.2) is 116 Å². The molecule has 2 fully saturated rings. The Morgan fingerprint density at radius 1 is 0.860 bits per heavy atom. The first-order valence-corrected chi connectivity index (χ1v) is 13.3. The zero-order valence-corrected chi connectivity index (χ0v) is 22.9. The molecule has 0 radical (unpaired) electrons. The van der Waals surface area contributed by atoms with Gasteiger partial charge in [0.2, 0.25) is 17.5 Å². The molecule has 234 valence electrons. The van der Waals surface area contributed by atoms with Gasteiger partial charge < -0.3 is 69.0 Å². The molecule has 15 heteroatoms. The predicted molar refractivity (Wildman–Crippen MR) is 143 cm³/mol. The van der Waals surface area contributed by atoms with Crippen molar-refractivity contribution in [2.24, 2.45) is 0 Å². The molecule has 8 N–H and O–H groups in total. The fourth-order valence-electron chi connectivity index (χ4n) is 5.00. The van der Waals surface area contributed by atoms with Gasteiger partial charge in [0.15, 0.2) is 18.2 Å². The minimum atomic E-state index is -1.85. The highest BCUT2D eigenvalue weighted by molar-refractivity contribution is 5.88. The van der Waals surface area contributed by atoms with E-state index in [0.29, 0.717) is 5.75 Å². The van der Waals surface area contributed by atoms with Crippen LogP contribution in [0.5, 0.6) is 23.0 Å². The minimum Gasteiger partial charge on any atom is -0.508 e. The number of hydrogen-bond acceptors (Lipinski definition) is 15. The van der Waals surface area contributed by atoms with Gasteiger partial charge in [-0.2, -0.15) is 0 Å². The highest BCUT2D eigenvalue weighted by Gasteiger charge is 2.51. The molecule has 5 rings (SSSR count). The van der Waals surface area contributed by atoms with Crippen molar-refractivity contribution in [3.8, 4) is 34.3 Å². The van der Waals surface area contributed by atoms with E-state index in [2.05, 4.69) is 0 Å². The van der Waals surface area contributed by atoms with Crippen LogP contribution < -0.4 is 14.9 Å². The first-order chi connectivity index (χ1) is 20.4. The maximum Gasteiger partial charge on any atom is 0.239 e. The van der Waals surface area contributed by atoms with E-state index in [1.54, 1.807) is 12.1 Å². The number of rotatable bonds is 7. The van der Waals surface area contributed by atoms with Crippen molar-refractivity contribution >= 4 is 11.0 Å². The van der Waals surface area contributed by atoms with E-state index in [1.807, 2.05) is 0 Å². The van der Waals surface area contributed by atoms with Crippen LogP contribution in [0.2, 0.25) is 0 Å². The summed E-state index contributed by atoms with van der Waals surface area (Å²) in [4.78, 5) is 13.8. The van der Waals surface area contributed by atoms with Gasteiger partial charge in [-0.05, 0) is 31.2 Å². The third kappa shape index (κ3) is 5.74. The van der Waals surface area contributed by atoms with Crippen LogP contribution >= 0.6 is 0 Å². The lowest BCUT2D eigenvalue weighted by Gasteiger charge is -2.45. The van der Waals surface area contributed by atoms with Crippen LogP contribution in [0, 0.1) is 0 Å². The number of ether oxygens (including phenoxy) is 5. The van der Waals surface area contributed by atoms with Crippen molar-refractivity contribution in [3.63, 3.8) is 0 Å². The zero-order chi connectivity index (χ0) is 31.2. The molecule has 0 saturated carbocycles. The second-order valence-corrected chi connectivity index (χ2v) is 10.3. The summed E-state index contributed by atoms with van der Waals surface area (Å²) >= 11 is 0. The van der Waals surface area contributed by atoms with Crippen LogP contribution in [0.1, 0.15) is 6.92 Å². The molecule has 2 aliphatic heterocycles. The summed E-state index contributed by atoms with van der Waals surface area (Å²) in [5.74, 6) is -1.29. The lowest BCUT2D eigenvalue weighted by atomic mass is 9.97. The molecule has 10 atom stereocenters. The molecule has 0 aliphatic carbocycles. The standard InChI is InChI=1S/C28H32O15/c1-10-18(32)21(35)23(37)27(39-10)43-26-22(36)19(33)16(9-29)41-28(26)42-25-20(34)17-14(31)7-12(30)8-15(17)40-24(25)11-3-5-13(38-2)6-4-11/h3-8,10,16,18-19,21-23,26-33,35-37H,9H2,1-2H3/t10-,16+,18-,19-,21+,22-,23-,26+,27-,28-/m0/s1. The van der Waals surface area contributed by atoms with E-state index in [0.717, 1.165) is 12.1 Å². The molecule has 0 amide bonds. The second-order valence-electron chi connectivity index (χ2n) is 10.3. The number of fused-ring (bicyclic) bond motifs is 1. The predicted octanol–water partition coefficient (Wildman–Crippen LogP) is -1.09. The van der Waals surface area contributed by atoms with E-state index < -0.39 is 84.9 Å². The Morgan fingerprint density at radius 2 is 1.56 bits per heavy atom. The van der Waals surface area contributed by atoms with Crippen molar-refractivity contribution in [2.45, 2.75) is 68.3 Å². The van der Waals surface area contributed by atoms with E-state index in [-0.39, 0.29) is 28.0 Å². The smallest absolute Gasteiger partial charge is 0.239 e. The summed E-state index contributed by atoms with van der Waals surface area (Å²) < 4.78 is 33.9. The monoisotopic (exact) mass is 608 g/mol. The molecule has 15 nitrogen and oxygen atoms in total. The number of phenols is 2. The number of aliphatic hydroxyl groups is 6. The van der Waals surface area contributed by atoms with Crippen LogP contribution in [0.4, 0.5) is 0 Å². The van der Waals surface area contributed by atoms with Crippen molar-refractivity contribution in [1.29, 1.82) is 0 Å². The fraction of sp³-hybridized carbons (Fsp3) is 0.464. The van der Waals surface area contributed by atoms with Gasteiger partial charge in [0.05, 0.1) is 19.8 Å². The molecule has 3 heterocycles. The molecule has 2 saturated heterocycles. The van der Waals surface area contributed by atoms with E-state index in [4.69, 9.17) is 28.1 Å². The Bertz CT molecular complexity index is 1490. The average Bonchev–Trinajstić information content (AvgIpc) is 2.98. The molecule has 0 unspecified atom stereocenters. The first-order valence-electron chi connectivity index (χ1n) is 13.3. The Hall–Kier alpha value is -3.51. The summed E-state index contributed by atoms with van der Waals surface area (Å²) in [5.41, 5.74) is -0.835. The average molecular weight is 609 g/mol. The lowest BCUT2D eigenvalue weighted by Crippen LogP contribution is -2.64. The Kier molecular flexibility index (Phi) is 8.80. The van der Waals surface area contributed by atoms with Crippen molar-refractivity contribution in [3.05, 3.63) is 46.6 Å². The van der Waals surface area contributed by atoms with E-state index in [1.165, 1.54) is 26.2 Å². The molecule has 0 bridgehead atoms. The topological polar surface area (TPSA) is 238 Å². The molecule has 2 aromatic carbocycles. The van der Waals surface area contributed by atoms with Crippen LogP contribution in [0.3, 0.4) is 0 Å². The maximum atomic E-state index is 13.8. The quantitative estimate of drug-likeness (QED) is 0.159. The van der Waals surface area contributed by atoms with Crippen LogP contribution in [-0.2, 0) is 14.2 Å². The highest BCUT2D eigenvalue weighted by Crippen LogP contribution is 2.38. The van der Waals surface area contributed by atoms with Crippen molar-refractivity contribution < 1.29 is 69.0 Å². The summed E-state index contributed by atoms with van der Waals surface area (Å²) in [6, 6.07) is 8.23. The largest absolute Gasteiger partial charge is 0.508 e. The molecule has 0 spiro atoms. The van der Waals surface area contributed by atoms with Gasteiger partial charge in [-0.25, -0.2) is 0 Å². The highest BCUT2D eigenvalue weighted by atomic mass is 16.8. The van der Waals surface area contributed by atoms with Gasteiger partial charge in [0.25, 0.3) is 0 Å². The third-order valence-corrected chi connectivity index (χ3v) is 7.43. The molecular formula is C28H32O15. The third-order valence-electron chi connectivity index (χ3n) is 7.43. The van der Waals surface area contributed by atoms with Gasteiger partial charge in [-0.3, -0.25) is 4.79 Å². The van der Waals surface area contributed by atoms with Crippen LogP contribution in [0.15, 0.2) is 45.6 Å². The van der Waals surface area contributed by atoms with Gasteiger partial charge in [-0.1, -0.05) is 0 Å². The number of aliphatic hydroxyl groups excluding tert-OH is 6. The zero-order valence-electron chi connectivity index (χ0n) is 22.9. The Balaban J connectivity index is 1.60. The fourth-order valence-corrected chi connectivity index (χ4v) is 5.00. The number of hydrogen-bond donors (Lipinski definition) is 8.